The van der Waals surface area contributed by atoms with Crippen molar-refractivity contribution in [3.63, 3.8) is 0 Å². The van der Waals surface area contributed by atoms with Crippen molar-refractivity contribution in [2.75, 3.05) is 26.0 Å². The smallest absolute Gasteiger partial charge is 0.338 e. The predicted molar refractivity (Wildman–Crippen MR) is 128 cm³/mol. The van der Waals surface area contributed by atoms with Crippen LogP contribution in [0.4, 0.5) is 0 Å². The van der Waals surface area contributed by atoms with Crippen LogP contribution in [0.5, 0.6) is 0 Å². The Hall–Kier alpha value is -2.31. The number of rotatable bonds is 7. The molecule has 1 aromatic carbocycles. The Balaban J connectivity index is 1.84. The van der Waals surface area contributed by atoms with Crippen LogP contribution in [0.1, 0.15) is 28.6 Å². The third-order valence-electron chi connectivity index (χ3n) is 5.47. The van der Waals surface area contributed by atoms with Crippen LogP contribution in [-0.2, 0) is 19.6 Å². The van der Waals surface area contributed by atoms with Gasteiger partial charge in [0.05, 0.1) is 18.4 Å². The molecule has 1 aromatic heterocycles. The molecule has 2 atom stereocenters. The van der Waals surface area contributed by atoms with Crippen molar-refractivity contribution in [2.45, 2.75) is 25.4 Å². The SMILES string of the molecule is COC(=O)C1=C2C[C@H](NS(=O)(=O)CCN)CN2C(c2nccs2)=N[C@H]1c1ccc(C)cc1Cl. The summed E-state index contributed by atoms with van der Waals surface area (Å²) in [6.07, 6.45) is 1.96. The number of ether oxygens (including phenoxy) is 1. The number of esters is 1. The number of nitrogens with two attached hydrogens (primary N) is 1. The average molecular weight is 510 g/mol. The van der Waals surface area contributed by atoms with Gasteiger partial charge < -0.3 is 15.4 Å². The summed E-state index contributed by atoms with van der Waals surface area (Å²) >= 11 is 7.98. The van der Waals surface area contributed by atoms with Gasteiger partial charge in [-0.05, 0) is 18.6 Å². The molecule has 176 valence electrons. The van der Waals surface area contributed by atoms with Crippen molar-refractivity contribution in [2.24, 2.45) is 10.7 Å². The molecular weight excluding hydrogens is 486 g/mol. The molecule has 0 amide bonds. The number of hydrogen-bond donors (Lipinski definition) is 2. The highest BCUT2D eigenvalue weighted by Crippen LogP contribution is 2.42. The summed E-state index contributed by atoms with van der Waals surface area (Å²) < 4.78 is 32.5. The van der Waals surface area contributed by atoms with Crippen molar-refractivity contribution in [1.29, 1.82) is 0 Å². The number of halogens is 1. The maximum atomic E-state index is 13.0. The number of amidine groups is 1. The number of nitrogens with one attached hydrogen (secondary N) is 1. The number of sulfonamides is 1. The number of methoxy groups -OCH3 is 1. The largest absolute Gasteiger partial charge is 0.466 e. The number of fused-ring (bicyclic) bond motifs is 1. The lowest BCUT2D eigenvalue weighted by Crippen LogP contribution is -2.41. The maximum Gasteiger partial charge on any atom is 0.338 e. The molecule has 3 N–H and O–H groups in total. The molecule has 3 heterocycles. The lowest BCUT2D eigenvalue weighted by atomic mass is 9.94. The first kappa shape index (κ1) is 23.8. The van der Waals surface area contributed by atoms with Gasteiger partial charge in [0.2, 0.25) is 10.0 Å². The number of carbonyl (C=O) groups is 1. The van der Waals surface area contributed by atoms with Crippen LogP contribution in [0.2, 0.25) is 5.02 Å². The second-order valence-electron chi connectivity index (χ2n) is 7.81. The minimum absolute atomic E-state index is 0.0156. The third-order valence-corrected chi connectivity index (χ3v) is 8.03. The Morgan fingerprint density at radius 3 is 2.85 bits per heavy atom. The average Bonchev–Trinajstić information content (AvgIpc) is 3.41. The van der Waals surface area contributed by atoms with E-state index in [1.165, 1.54) is 18.4 Å². The number of aromatic nitrogens is 1. The number of thiazole rings is 1. The highest BCUT2D eigenvalue weighted by atomic mass is 35.5. The quantitative estimate of drug-likeness (QED) is 0.546. The van der Waals surface area contributed by atoms with Crippen LogP contribution in [-0.4, -0.2) is 62.1 Å². The summed E-state index contributed by atoms with van der Waals surface area (Å²) in [5.41, 5.74) is 8.06. The first-order valence-corrected chi connectivity index (χ1v) is 13.2. The normalized spacial score (nSPS) is 20.6. The number of carbonyl (C=O) groups excluding carboxylic acids is 1. The highest BCUT2D eigenvalue weighted by Gasteiger charge is 2.43. The van der Waals surface area contributed by atoms with Gasteiger partial charge in [-0.3, -0.25) is 4.99 Å². The highest BCUT2D eigenvalue weighted by molar-refractivity contribution is 7.89. The first-order valence-electron chi connectivity index (χ1n) is 10.3. The number of nitrogens with zero attached hydrogens (tertiary/aromatic N) is 3. The van der Waals surface area contributed by atoms with Gasteiger partial charge in [0.15, 0.2) is 10.8 Å². The zero-order valence-corrected chi connectivity index (χ0v) is 20.5. The third kappa shape index (κ3) is 4.82. The molecule has 2 aliphatic heterocycles. The van der Waals surface area contributed by atoms with E-state index in [1.54, 1.807) is 6.20 Å². The van der Waals surface area contributed by atoms with E-state index in [0.717, 1.165) is 5.56 Å². The molecule has 33 heavy (non-hydrogen) atoms. The van der Waals surface area contributed by atoms with Gasteiger partial charge >= 0.3 is 5.97 Å². The standard InChI is InChI=1S/C21H24ClN5O4S2/c1-12-3-4-14(15(22)9-12)18-17(21(28)31-2)16-10-13(26-33(29,30)8-5-23)11-27(16)19(25-18)20-24-6-7-32-20/h3-4,6-7,9,13,18,26H,5,8,10-11,23H2,1-2H3/t13-,18-/m0/s1. The number of aliphatic imine (C=N–C) groups is 1. The van der Waals surface area contributed by atoms with Gasteiger partial charge in [0.25, 0.3) is 0 Å². The van der Waals surface area contributed by atoms with E-state index >= 15 is 0 Å². The van der Waals surface area contributed by atoms with Gasteiger partial charge in [0, 0.05) is 53.4 Å². The van der Waals surface area contributed by atoms with Gasteiger partial charge in [-0.1, -0.05) is 23.7 Å². The van der Waals surface area contributed by atoms with Crippen LogP contribution in [0.3, 0.4) is 0 Å². The van der Waals surface area contributed by atoms with Crippen LogP contribution < -0.4 is 10.5 Å². The van der Waals surface area contributed by atoms with Crippen molar-refractivity contribution < 1.29 is 17.9 Å². The van der Waals surface area contributed by atoms with E-state index in [4.69, 9.17) is 27.1 Å². The molecule has 1 saturated heterocycles. The minimum atomic E-state index is -3.56. The van der Waals surface area contributed by atoms with Crippen molar-refractivity contribution in [1.82, 2.24) is 14.6 Å². The molecule has 0 aliphatic carbocycles. The Labute approximate surface area is 201 Å². The maximum absolute atomic E-state index is 13.0. The molecule has 4 rings (SSSR count). The zero-order valence-electron chi connectivity index (χ0n) is 18.1. The van der Waals surface area contributed by atoms with Gasteiger partial charge in [0.1, 0.15) is 6.04 Å². The first-order chi connectivity index (χ1) is 15.7. The Morgan fingerprint density at radius 2 is 2.21 bits per heavy atom. The molecule has 2 aliphatic rings. The predicted octanol–water partition coefficient (Wildman–Crippen LogP) is 1.99. The molecule has 1 fully saturated rings. The molecular formula is C21H24ClN5O4S2. The van der Waals surface area contributed by atoms with Crippen LogP contribution >= 0.6 is 22.9 Å². The van der Waals surface area contributed by atoms with E-state index in [9.17, 15) is 13.2 Å². The van der Waals surface area contributed by atoms with Crippen molar-refractivity contribution in [3.05, 3.63) is 62.2 Å². The molecule has 0 radical (unpaired) electrons. The minimum Gasteiger partial charge on any atom is -0.466 e. The molecule has 0 bridgehead atoms. The lowest BCUT2D eigenvalue weighted by Gasteiger charge is -2.31. The fraction of sp³-hybridized carbons (Fsp3) is 0.381. The fourth-order valence-corrected chi connectivity index (χ4v) is 6.17. The fourth-order valence-electron chi connectivity index (χ4n) is 4.09. The van der Waals surface area contributed by atoms with E-state index in [2.05, 4.69) is 9.71 Å². The number of hydrogen-bond acceptors (Lipinski definition) is 9. The molecule has 9 nitrogen and oxygen atoms in total. The van der Waals surface area contributed by atoms with Gasteiger partial charge in [-0.25, -0.2) is 22.9 Å². The van der Waals surface area contributed by atoms with Crippen molar-refractivity contribution in [3.8, 4) is 0 Å². The Bertz CT molecular complexity index is 1230. The number of aryl methyl sites for hydroxylation is 1. The Kier molecular flexibility index (Phi) is 6.87. The summed E-state index contributed by atoms with van der Waals surface area (Å²) in [5.74, 6) is -0.152. The molecule has 0 spiro atoms. The van der Waals surface area contributed by atoms with Gasteiger partial charge in [-0.2, -0.15) is 0 Å². The summed E-state index contributed by atoms with van der Waals surface area (Å²) in [7, 11) is -2.25. The van der Waals surface area contributed by atoms with E-state index in [-0.39, 0.29) is 12.3 Å². The molecule has 0 unspecified atom stereocenters. The Morgan fingerprint density at radius 1 is 1.42 bits per heavy atom. The summed E-state index contributed by atoms with van der Waals surface area (Å²) in [4.78, 5) is 24.1. The molecule has 0 saturated carbocycles. The van der Waals surface area contributed by atoms with E-state index in [0.29, 0.717) is 45.7 Å². The summed E-state index contributed by atoms with van der Waals surface area (Å²) in [6, 6.07) is 4.40. The molecule has 2 aromatic rings. The second kappa shape index (κ2) is 9.51. The number of benzene rings is 1. The van der Waals surface area contributed by atoms with E-state index < -0.39 is 28.1 Å². The lowest BCUT2D eigenvalue weighted by molar-refractivity contribution is -0.136. The topological polar surface area (TPSA) is 127 Å². The van der Waals surface area contributed by atoms with Crippen LogP contribution in [0.25, 0.3) is 0 Å². The van der Waals surface area contributed by atoms with Crippen LogP contribution in [0, 0.1) is 6.92 Å². The second-order valence-corrected chi connectivity index (χ2v) is 11.0. The summed E-state index contributed by atoms with van der Waals surface area (Å²) in [5, 5.41) is 2.98. The van der Waals surface area contributed by atoms with Gasteiger partial charge in [-0.15, -0.1) is 11.3 Å². The molecule has 12 heteroatoms. The monoisotopic (exact) mass is 509 g/mol. The van der Waals surface area contributed by atoms with E-state index in [1.807, 2.05) is 35.4 Å². The van der Waals surface area contributed by atoms with Crippen molar-refractivity contribution >= 4 is 44.8 Å². The zero-order chi connectivity index (χ0) is 23.8. The van der Waals surface area contributed by atoms with Crippen LogP contribution in [0.15, 0.2) is 46.0 Å². The summed E-state index contributed by atoms with van der Waals surface area (Å²) in [6.45, 7) is 2.24.